The number of hydrogen-bond acceptors (Lipinski definition) is 5. The predicted octanol–water partition coefficient (Wildman–Crippen LogP) is 2.92. The monoisotopic (exact) mass is 452 g/mol. The second-order valence-electron chi connectivity index (χ2n) is 6.89. The summed E-state index contributed by atoms with van der Waals surface area (Å²) in [5.41, 5.74) is 1.09. The van der Waals surface area contributed by atoms with Crippen molar-refractivity contribution in [3.05, 3.63) is 53.1 Å². The molecule has 0 atom stereocenters. The summed E-state index contributed by atoms with van der Waals surface area (Å²) in [5.74, 6) is 0.857. The lowest BCUT2D eigenvalue weighted by molar-refractivity contribution is -0.121. The lowest BCUT2D eigenvalue weighted by Gasteiger charge is -2.11. The molecule has 1 amide bonds. The Morgan fingerprint density at radius 1 is 1.00 bits per heavy atom. The van der Waals surface area contributed by atoms with Gasteiger partial charge in [-0.15, -0.1) is 0 Å². The van der Waals surface area contributed by atoms with E-state index in [9.17, 15) is 13.2 Å². The molecular formula is C21H25ClN2O5S. The number of sulfonamides is 1. The van der Waals surface area contributed by atoms with Crippen LogP contribution in [0.1, 0.15) is 24.8 Å². The van der Waals surface area contributed by atoms with E-state index in [4.69, 9.17) is 21.1 Å². The molecular weight excluding hydrogens is 428 g/mol. The Morgan fingerprint density at radius 2 is 1.73 bits per heavy atom. The van der Waals surface area contributed by atoms with E-state index in [1.54, 1.807) is 6.07 Å². The lowest BCUT2D eigenvalue weighted by Crippen LogP contribution is -2.28. The third kappa shape index (κ3) is 6.62. The fraction of sp³-hybridized carbons (Fsp3) is 0.381. The Balaban J connectivity index is 1.39. The molecule has 3 rings (SSSR count). The van der Waals surface area contributed by atoms with Crippen LogP contribution in [0.4, 0.5) is 0 Å². The van der Waals surface area contributed by atoms with Crippen LogP contribution >= 0.6 is 11.6 Å². The molecule has 0 aliphatic carbocycles. The number of fused-ring (bicyclic) bond motifs is 1. The van der Waals surface area contributed by atoms with Crippen molar-refractivity contribution in [1.82, 2.24) is 10.0 Å². The Morgan fingerprint density at radius 3 is 2.50 bits per heavy atom. The largest absolute Gasteiger partial charge is 0.490 e. The second kappa shape index (κ2) is 10.7. The molecule has 0 spiro atoms. The molecule has 0 saturated heterocycles. The van der Waals surface area contributed by atoms with Gasteiger partial charge in [0.1, 0.15) is 0 Å². The zero-order chi connectivity index (χ0) is 21.4. The maximum atomic E-state index is 12.5. The van der Waals surface area contributed by atoms with Crippen molar-refractivity contribution >= 4 is 27.5 Å². The van der Waals surface area contributed by atoms with Crippen LogP contribution < -0.4 is 19.5 Å². The molecule has 1 heterocycles. The van der Waals surface area contributed by atoms with E-state index >= 15 is 0 Å². The van der Waals surface area contributed by atoms with E-state index in [0.717, 1.165) is 12.0 Å². The SMILES string of the molecule is O=C(CCCNS(=O)(=O)c1ccc2c(c1)OCCCO2)NCCc1ccc(Cl)cc1. The fourth-order valence-corrected chi connectivity index (χ4v) is 4.15. The molecule has 0 saturated carbocycles. The first-order valence-corrected chi connectivity index (χ1v) is 11.7. The van der Waals surface area contributed by atoms with Crippen molar-refractivity contribution in [3.8, 4) is 11.5 Å². The average Bonchev–Trinajstić information content (AvgIpc) is 2.97. The molecule has 162 valence electrons. The van der Waals surface area contributed by atoms with Gasteiger partial charge < -0.3 is 14.8 Å². The average molecular weight is 453 g/mol. The zero-order valence-corrected chi connectivity index (χ0v) is 18.1. The number of halogens is 1. The second-order valence-corrected chi connectivity index (χ2v) is 9.09. The summed E-state index contributed by atoms with van der Waals surface area (Å²) < 4.78 is 38.5. The summed E-state index contributed by atoms with van der Waals surface area (Å²) in [4.78, 5) is 12.0. The smallest absolute Gasteiger partial charge is 0.240 e. The number of rotatable bonds is 9. The Hall–Kier alpha value is -2.29. The van der Waals surface area contributed by atoms with Crippen molar-refractivity contribution in [1.29, 1.82) is 0 Å². The molecule has 9 heteroatoms. The van der Waals surface area contributed by atoms with Gasteiger partial charge in [-0.25, -0.2) is 13.1 Å². The van der Waals surface area contributed by atoms with E-state index < -0.39 is 10.0 Å². The number of carbonyl (C=O) groups excluding carboxylic acids is 1. The van der Waals surface area contributed by atoms with E-state index in [1.807, 2.05) is 24.3 Å². The standard InChI is InChI=1S/C21H25ClN2O5S/c22-17-6-4-16(5-7-17)10-12-23-21(25)3-1-11-24-30(26,27)18-8-9-19-20(15-18)29-14-2-13-28-19/h4-9,15,24H,1-3,10-14H2,(H,23,25). The van der Waals surface area contributed by atoms with Gasteiger partial charge in [0.15, 0.2) is 11.5 Å². The molecule has 0 fully saturated rings. The first-order valence-electron chi connectivity index (χ1n) is 9.84. The highest BCUT2D eigenvalue weighted by molar-refractivity contribution is 7.89. The van der Waals surface area contributed by atoms with E-state index in [2.05, 4.69) is 10.0 Å². The minimum absolute atomic E-state index is 0.110. The van der Waals surface area contributed by atoms with Crippen LogP contribution in [0.3, 0.4) is 0 Å². The quantitative estimate of drug-likeness (QED) is 0.570. The van der Waals surface area contributed by atoms with Gasteiger partial charge in [0, 0.05) is 37.0 Å². The van der Waals surface area contributed by atoms with Crippen LogP contribution in [0.5, 0.6) is 11.5 Å². The molecule has 2 aromatic rings. The van der Waals surface area contributed by atoms with Crippen molar-refractivity contribution in [3.63, 3.8) is 0 Å². The highest BCUT2D eigenvalue weighted by Gasteiger charge is 2.18. The summed E-state index contributed by atoms with van der Waals surface area (Å²) in [5, 5.41) is 3.51. The summed E-state index contributed by atoms with van der Waals surface area (Å²) in [6, 6.07) is 12.0. The number of ether oxygens (including phenoxy) is 2. The number of carbonyl (C=O) groups is 1. The van der Waals surface area contributed by atoms with Gasteiger partial charge in [0.2, 0.25) is 15.9 Å². The van der Waals surface area contributed by atoms with Gasteiger partial charge in [-0.3, -0.25) is 4.79 Å². The summed E-state index contributed by atoms with van der Waals surface area (Å²) >= 11 is 5.85. The molecule has 0 bridgehead atoms. The van der Waals surface area contributed by atoms with E-state index in [0.29, 0.717) is 49.1 Å². The highest BCUT2D eigenvalue weighted by atomic mass is 35.5. The highest BCUT2D eigenvalue weighted by Crippen LogP contribution is 2.31. The van der Waals surface area contributed by atoms with Crippen LogP contribution in [0.2, 0.25) is 5.02 Å². The van der Waals surface area contributed by atoms with Crippen LogP contribution in [0.15, 0.2) is 47.4 Å². The maximum absolute atomic E-state index is 12.5. The molecule has 1 aliphatic heterocycles. The fourth-order valence-electron chi connectivity index (χ4n) is 2.94. The molecule has 1 aliphatic rings. The zero-order valence-electron chi connectivity index (χ0n) is 16.5. The number of amides is 1. The molecule has 7 nitrogen and oxygen atoms in total. The summed E-state index contributed by atoms with van der Waals surface area (Å²) in [6.07, 6.45) is 2.09. The van der Waals surface area contributed by atoms with E-state index in [1.165, 1.54) is 12.1 Å². The van der Waals surface area contributed by atoms with Crippen LogP contribution in [-0.4, -0.2) is 40.6 Å². The van der Waals surface area contributed by atoms with Crippen molar-refractivity contribution in [2.45, 2.75) is 30.6 Å². The number of benzene rings is 2. The summed E-state index contributed by atoms with van der Waals surface area (Å²) in [6.45, 7) is 1.71. The molecule has 2 N–H and O–H groups in total. The van der Waals surface area contributed by atoms with Gasteiger partial charge in [-0.05, 0) is 42.7 Å². The van der Waals surface area contributed by atoms with Gasteiger partial charge in [-0.2, -0.15) is 0 Å². The molecule has 30 heavy (non-hydrogen) atoms. The van der Waals surface area contributed by atoms with Crippen molar-refractivity contribution < 1.29 is 22.7 Å². The van der Waals surface area contributed by atoms with Gasteiger partial charge in [0.25, 0.3) is 0 Å². The third-order valence-corrected chi connectivity index (χ3v) is 6.26. The van der Waals surface area contributed by atoms with Crippen LogP contribution in [0.25, 0.3) is 0 Å². The minimum Gasteiger partial charge on any atom is -0.490 e. The first kappa shape index (κ1) is 22.4. The molecule has 0 aromatic heterocycles. The van der Waals surface area contributed by atoms with Crippen molar-refractivity contribution in [2.24, 2.45) is 0 Å². The number of nitrogens with one attached hydrogen (secondary N) is 2. The number of hydrogen-bond donors (Lipinski definition) is 2. The molecule has 0 radical (unpaired) electrons. The molecule has 0 unspecified atom stereocenters. The summed E-state index contributed by atoms with van der Waals surface area (Å²) in [7, 11) is -3.69. The predicted molar refractivity (Wildman–Crippen MR) is 115 cm³/mol. The van der Waals surface area contributed by atoms with Crippen LogP contribution in [0, 0.1) is 0 Å². The minimum atomic E-state index is -3.69. The molecule has 2 aromatic carbocycles. The third-order valence-electron chi connectivity index (χ3n) is 4.55. The normalized spacial score (nSPS) is 13.5. The Labute approximate surface area is 181 Å². The van der Waals surface area contributed by atoms with Gasteiger partial charge in [0.05, 0.1) is 18.1 Å². The van der Waals surface area contributed by atoms with Crippen LogP contribution in [-0.2, 0) is 21.2 Å². The lowest BCUT2D eigenvalue weighted by atomic mass is 10.1. The topological polar surface area (TPSA) is 93.7 Å². The van der Waals surface area contributed by atoms with Gasteiger partial charge in [-0.1, -0.05) is 23.7 Å². The van der Waals surface area contributed by atoms with E-state index in [-0.39, 0.29) is 23.8 Å². The Kier molecular flexibility index (Phi) is 7.95. The van der Waals surface area contributed by atoms with Crippen molar-refractivity contribution in [2.75, 3.05) is 26.3 Å². The van der Waals surface area contributed by atoms with Gasteiger partial charge >= 0.3 is 0 Å². The first-order chi connectivity index (χ1) is 14.4. The maximum Gasteiger partial charge on any atom is 0.240 e. The Bertz CT molecular complexity index is 964.